The Labute approximate surface area is 126 Å². The van der Waals surface area contributed by atoms with Crippen LogP contribution in [0.4, 0.5) is 0 Å². The molecule has 114 valence electrons. The zero-order valence-electron chi connectivity index (χ0n) is 12.5. The highest BCUT2D eigenvalue weighted by Crippen LogP contribution is 2.24. The predicted octanol–water partition coefficient (Wildman–Crippen LogP) is 1.50. The van der Waals surface area contributed by atoms with Gasteiger partial charge in [0.25, 0.3) is 0 Å². The van der Waals surface area contributed by atoms with E-state index in [0.717, 1.165) is 45.3 Å². The minimum atomic E-state index is 0.0353. The van der Waals surface area contributed by atoms with Crippen LogP contribution < -0.4 is 11.1 Å². The fourth-order valence-electron chi connectivity index (χ4n) is 3.56. The molecule has 4 nitrogen and oxygen atoms in total. The Morgan fingerprint density at radius 3 is 2.76 bits per heavy atom. The Kier molecular flexibility index (Phi) is 4.56. The SMILES string of the molecule is NC1CCCC1C(=O)NC1CCN(Cc2ccccc2)C1. The third-order valence-corrected chi connectivity index (χ3v) is 4.77. The summed E-state index contributed by atoms with van der Waals surface area (Å²) >= 11 is 0. The molecule has 4 heteroatoms. The van der Waals surface area contributed by atoms with E-state index < -0.39 is 0 Å². The molecule has 3 atom stereocenters. The highest BCUT2D eigenvalue weighted by molar-refractivity contribution is 5.80. The Morgan fingerprint density at radius 1 is 1.24 bits per heavy atom. The molecular weight excluding hydrogens is 262 g/mol. The van der Waals surface area contributed by atoms with Crippen LogP contribution in [0, 0.1) is 5.92 Å². The maximum atomic E-state index is 12.3. The lowest BCUT2D eigenvalue weighted by Crippen LogP contribution is -2.44. The smallest absolute Gasteiger partial charge is 0.224 e. The van der Waals surface area contributed by atoms with Gasteiger partial charge in [0.05, 0.1) is 5.92 Å². The van der Waals surface area contributed by atoms with Crippen molar-refractivity contribution in [3.63, 3.8) is 0 Å². The van der Waals surface area contributed by atoms with E-state index in [1.165, 1.54) is 5.56 Å². The number of hydrogen-bond donors (Lipinski definition) is 2. The summed E-state index contributed by atoms with van der Waals surface area (Å²) in [6.45, 7) is 2.97. The Balaban J connectivity index is 1.47. The van der Waals surface area contributed by atoms with Crippen molar-refractivity contribution in [2.45, 2.75) is 44.3 Å². The summed E-state index contributed by atoms with van der Waals surface area (Å²) in [5, 5.41) is 3.21. The number of likely N-dealkylation sites (tertiary alicyclic amines) is 1. The Hall–Kier alpha value is -1.39. The second-order valence-corrected chi connectivity index (χ2v) is 6.42. The van der Waals surface area contributed by atoms with Crippen molar-refractivity contribution in [2.75, 3.05) is 13.1 Å². The van der Waals surface area contributed by atoms with Gasteiger partial charge in [-0.15, -0.1) is 0 Å². The number of hydrogen-bond acceptors (Lipinski definition) is 3. The van der Waals surface area contributed by atoms with Gasteiger partial charge in [0.15, 0.2) is 0 Å². The molecule has 1 amide bonds. The molecule has 2 fully saturated rings. The minimum Gasteiger partial charge on any atom is -0.352 e. The lowest BCUT2D eigenvalue weighted by atomic mass is 10.0. The monoisotopic (exact) mass is 287 g/mol. The average Bonchev–Trinajstić information content (AvgIpc) is 3.09. The molecule has 1 aliphatic heterocycles. The first-order chi connectivity index (χ1) is 10.2. The van der Waals surface area contributed by atoms with Gasteiger partial charge in [-0.25, -0.2) is 0 Å². The molecule has 1 saturated carbocycles. The second kappa shape index (κ2) is 6.58. The minimum absolute atomic E-state index is 0.0353. The molecule has 21 heavy (non-hydrogen) atoms. The quantitative estimate of drug-likeness (QED) is 0.882. The summed E-state index contributed by atoms with van der Waals surface area (Å²) in [6, 6.07) is 10.9. The predicted molar refractivity (Wildman–Crippen MR) is 83.6 cm³/mol. The summed E-state index contributed by atoms with van der Waals surface area (Å²) in [6.07, 6.45) is 4.07. The lowest BCUT2D eigenvalue weighted by molar-refractivity contribution is -0.125. The topological polar surface area (TPSA) is 58.4 Å². The zero-order chi connectivity index (χ0) is 14.7. The van der Waals surface area contributed by atoms with Gasteiger partial charge in [0.2, 0.25) is 5.91 Å². The first kappa shape index (κ1) is 14.5. The number of carbonyl (C=O) groups excluding carboxylic acids is 1. The van der Waals surface area contributed by atoms with Crippen LogP contribution in [0.3, 0.4) is 0 Å². The molecule has 1 aliphatic carbocycles. The summed E-state index contributed by atoms with van der Waals surface area (Å²) in [7, 11) is 0. The average molecular weight is 287 g/mol. The third-order valence-electron chi connectivity index (χ3n) is 4.77. The van der Waals surface area contributed by atoms with Crippen molar-refractivity contribution < 1.29 is 4.79 Å². The van der Waals surface area contributed by atoms with Crippen molar-refractivity contribution in [1.82, 2.24) is 10.2 Å². The molecule has 1 saturated heterocycles. The molecular formula is C17H25N3O. The van der Waals surface area contributed by atoms with Crippen molar-refractivity contribution in [2.24, 2.45) is 11.7 Å². The van der Waals surface area contributed by atoms with Crippen LogP contribution in [-0.2, 0) is 11.3 Å². The first-order valence-electron chi connectivity index (χ1n) is 8.04. The van der Waals surface area contributed by atoms with Gasteiger partial charge in [-0.2, -0.15) is 0 Å². The van der Waals surface area contributed by atoms with Gasteiger partial charge in [0, 0.05) is 31.7 Å². The number of nitrogens with zero attached hydrogens (tertiary/aromatic N) is 1. The van der Waals surface area contributed by atoms with E-state index in [1.807, 2.05) is 6.07 Å². The van der Waals surface area contributed by atoms with Crippen LogP contribution in [0.2, 0.25) is 0 Å². The lowest BCUT2D eigenvalue weighted by Gasteiger charge is -2.20. The Bertz CT molecular complexity index is 476. The fourth-order valence-corrected chi connectivity index (χ4v) is 3.56. The van der Waals surface area contributed by atoms with E-state index in [0.29, 0.717) is 0 Å². The summed E-state index contributed by atoms with van der Waals surface area (Å²) in [4.78, 5) is 14.7. The number of carbonyl (C=O) groups is 1. The van der Waals surface area contributed by atoms with Gasteiger partial charge in [-0.3, -0.25) is 9.69 Å². The number of nitrogens with two attached hydrogens (primary N) is 1. The van der Waals surface area contributed by atoms with Crippen LogP contribution in [0.15, 0.2) is 30.3 Å². The zero-order valence-corrected chi connectivity index (χ0v) is 12.5. The standard InChI is InChI=1S/C17H25N3O/c18-16-8-4-7-15(16)17(21)19-14-9-10-20(12-14)11-13-5-2-1-3-6-13/h1-3,5-6,14-16H,4,7-12,18H2,(H,19,21). The highest BCUT2D eigenvalue weighted by Gasteiger charge is 2.32. The van der Waals surface area contributed by atoms with Crippen LogP contribution in [0.1, 0.15) is 31.2 Å². The molecule has 0 spiro atoms. The van der Waals surface area contributed by atoms with E-state index in [-0.39, 0.29) is 23.9 Å². The molecule has 0 bridgehead atoms. The molecule has 3 unspecified atom stereocenters. The fraction of sp³-hybridized carbons (Fsp3) is 0.588. The van der Waals surface area contributed by atoms with Gasteiger partial charge in [-0.05, 0) is 24.8 Å². The normalized spacial score (nSPS) is 29.7. The molecule has 1 aromatic rings. The van der Waals surface area contributed by atoms with E-state index in [9.17, 15) is 4.79 Å². The second-order valence-electron chi connectivity index (χ2n) is 6.42. The van der Waals surface area contributed by atoms with Crippen molar-refractivity contribution in [1.29, 1.82) is 0 Å². The molecule has 1 heterocycles. The van der Waals surface area contributed by atoms with Crippen LogP contribution in [0.5, 0.6) is 0 Å². The number of rotatable bonds is 4. The van der Waals surface area contributed by atoms with E-state index in [1.54, 1.807) is 0 Å². The third kappa shape index (κ3) is 3.63. The van der Waals surface area contributed by atoms with Gasteiger partial charge in [0.1, 0.15) is 0 Å². The molecule has 1 aromatic carbocycles. The van der Waals surface area contributed by atoms with Gasteiger partial charge < -0.3 is 11.1 Å². The summed E-state index contributed by atoms with van der Waals surface area (Å²) in [5.41, 5.74) is 7.35. The summed E-state index contributed by atoms with van der Waals surface area (Å²) < 4.78 is 0. The largest absolute Gasteiger partial charge is 0.352 e. The maximum absolute atomic E-state index is 12.3. The molecule has 2 aliphatic rings. The number of amides is 1. The van der Waals surface area contributed by atoms with Crippen molar-refractivity contribution in [3.05, 3.63) is 35.9 Å². The maximum Gasteiger partial charge on any atom is 0.224 e. The van der Waals surface area contributed by atoms with E-state index >= 15 is 0 Å². The number of nitrogens with one attached hydrogen (secondary N) is 1. The van der Waals surface area contributed by atoms with Crippen LogP contribution in [-0.4, -0.2) is 36.0 Å². The van der Waals surface area contributed by atoms with Gasteiger partial charge >= 0.3 is 0 Å². The van der Waals surface area contributed by atoms with E-state index in [2.05, 4.69) is 34.5 Å². The van der Waals surface area contributed by atoms with Crippen LogP contribution >= 0.6 is 0 Å². The Morgan fingerprint density at radius 2 is 2.05 bits per heavy atom. The molecule has 0 aromatic heterocycles. The molecule has 3 rings (SSSR count). The highest BCUT2D eigenvalue weighted by atomic mass is 16.2. The van der Waals surface area contributed by atoms with Crippen molar-refractivity contribution in [3.8, 4) is 0 Å². The molecule has 3 N–H and O–H groups in total. The van der Waals surface area contributed by atoms with Gasteiger partial charge in [-0.1, -0.05) is 36.8 Å². The van der Waals surface area contributed by atoms with Crippen LogP contribution in [0.25, 0.3) is 0 Å². The number of benzene rings is 1. The first-order valence-corrected chi connectivity index (χ1v) is 8.04. The van der Waals surface area contributed by atoms with Crippen molar-refractivity contribution >= 4 is 5.91 Å². The molecule has 0 radical (unpaired) electrons. The summed E-state index contributed by atoms with van der Waals surface area (Å²) in [5.74, 6) is 0.208. The van der Waals surface area contributed by atoms with E-state index in [4.69, 9.17) is 5.73 Å².